The molecule has 20 heavy (non-hydrogen) atoms. The summed E-state index contributed by atoms with van der Waals surface area (Å²) in [5.41, 5.74) is 5.75. The second-order valence-corrected chi connectivity index (χ2v) is 6.37. The van der Waals surface area contributed by atoms with Gasteiger partial charge in [0.2, 0.25) is 10.0 Å². The van der Waals surface area contributed by atoms with Crippen LogP contribution in [0, 0.1) is 0 Å². The number of methoxy groups -OCH3 is 2. The first-order valence-electron chi connectivity index (χ1n) is 5.97. The van der Waals surface area contributed by atoms with Crippen molar-refractivity contribution < 1.29 is 17.9 Å². The Morgan fingerprint density at radius 2 is 1.90 bits per heavy atom. The summed E-state index contributed by atoms with van der Waals surface area (Å²) in [5, 5.41) is 0. The highest BCUT2D eigenvalue weighted by atomic mass is 35.5. The lowest BCUT2D eigenvalue weighted by Gasteiger charge is -2.17. The average molecular weight is 323 g/mol. The molecule has 114 valence electrons. The van der Waals surface area contributed by atoms with Crippen molar-refractivity contribution >= 4 is 22.4 Å². The predicted molar refractivity (Wildman–Crippen MR) is 78.1 cm³/mol. The Kier molecular flexibility index (Phi) is 5.64. The molecule has 1 fully saturated rings. The first-order chi connectivity index (χ1) is 8.98. The van der Waals surface area contributed by atoms with Crippen molar-refractivity contribution in [2.24, 2.45) is 5.73 Å². The summed E-state index contributed by atoms with van der Waals surface area (Å²) in [7, 11) is -0.534. The summed E-state index contributed by atoms with van der Waals surface area (Å²) in [6.07, 6.45) is 0.687. The second kappa shape index (κ2) is 6.62. The van der Waals surface area contributed by atoms with Crippen LogP contribution in [0.2, 0.25) is 0 Å². The Balaban J connectivity index is 0.00000200. The number of benzene rings is 1. The maximum absolute atomic E-state index is 12.4. The van der Waals surface area contributed by atoms with Crippen molar-refractivity contribution in [3.63, 3.8) is 0 Å². The molecule has 2 N–H and O–H groups in total. The van der Waals surface area contributed by atoms with Gasteiger partial charge in [-0.05, 0) is 18.6 Å². The fraction of sp³-hybridized carbons (Fsp3) is 0.500. The SMILES string of the molecule is COc1ccc(S(=O)(=O)N2CCC(N)C2)cc1OC.Cl. The smallest absolute Gasteiger partial charge is 0.243 e. The van der Waals surface area contributed by atoms with Crippen LogP contribution in [0.1, 0.15) is 6.42 Å². The molecule has 1 atom stereocenters. The molecule has 1 aliphatic heterocycles. The first-order valence-corrected chi connectivity index (χ1v) is 7.41. The van der Waals surface area contributed by atoms with Crippen molar-refractivity contribution in [1.29, 1.82) is 0 Å². The van der Waals surface area contributed by atoms with E-state index in [0.29, 0.717) is 31.0 Å². The van der Waals surface area contributed by atoms with Crippen molar-refractivity contribution in [1.82, 2.24) is 4.31 Å². The molecule has 1 aliphatic rings. The molecule has 0 spiro atoms. The van der Waals surface area contributed by atoms with Crippen molar-refractivity contribution in [2.45, 2.75) is 17.4 Å². The highest BCUT2D eigenvalue weighted by Crippen LogP contribution is 2.31. The number of rotatable bonds is 4. The lowest BCUT2D eigenvalue weighted by atomic mass is 10.3. The molecule has 1 saturated heterocycles. The third-order valence-corrected chi connectivity index (χ3v) is 5.04. The van der Waals surface area contributed by atoms with Crippen LogP contribution in [0.3, 0.4) is 0 Å². The van der Waals surface area contributed by atoms with E-state index in [-0.39, 0.29) is 23.3 Å². The molecule has 0 aromatic heterocycles. The largest absolute Gasteiger partial charge is 0.493 e. The number of sulfonamides is 1. The van der Waals surface area contributed by atoms with E-state index >= 15 is 0 Å². The minimum atomic E-state index is -3.51. The van der Waals surface area contributed by atoms with E-state index in [9.17, 15) is 8.42 Å². The van der Waals surface area contributed by atoms with E-state index in [2.05, 4.69) is 0 Å². The summed E-state index contributed by atoms with van der Waals surface area (Å²) in [5.74, 6) is 0.895. The maximum Gasteiger partial charge on any atom is 0.243 e. The van der Waals surface area contributed by atoms with E-state index in [1.54, 1.807) is 6.07 Å². The van der Waals surface area contributed by atoms with Crippen LogP contribution in [0.4, 0.5) is 0 Å². The zero-order valence-electron chi connectivity index (χ0n) is 11.4. The zero-order valence-corrected chi connectivity index (χ0v) is 13.0. The molecule has 1 unspecified atom stereocenters. The molecule has 1 aromatic carbocycles. The van der Waals surface area contributed by atoms with Gasteiger partial charge in [0.1, 0.15) is 0 Å². The van der Waals surface area contributed by atoms with Gasteiger partial charge in [-0.3, -0.25) is 0 Å². The zero-order chi connectivity index (χ0) is 14.0. The number of ether oxygens (including phenoxy) is 2. The van der Waals surface area contributed by atoms with Gasteiger partial charge >= 0.3 is 0 Å². The van der Waals surface area contributed by atoms with E-state index in [0.717, 1.165) is 0 Å². The number of nitrogens with two attached hydrogens (primary N) is 1. The van der Waals surface area contributed by atoms with Crippen LogP contribution in [-0.4, -0.2) is 46.1 Å². The first kappa shape index (κ1) is 17.0. The Morgan fingerprint density at radius 3 is 2.40 bits per heavy atom. The molecule has 0 amide bonds. The van der Waals surface area contributed by atoms with Gasteiger partial charge < -0.3 is 15.2 Å². The van der Waals surface area contributed by atoms with Gasteiger partial charge in [-0.2, -0.15) is 4.31 Å². The summed E-state index contributed by atoms with van der Waals surface area (Å²) in [6, 6.07) is 4.48. The minimum Gasteiger partial charge on any atom is -0.493 e. The highest BCUT2D eigenvalue weighted by Gasteiger charge is 2.31. The van der Waals surface area contributed by atoms with E-state index in [1.165, 1.54) is 30.7 Å². The molecule has 0 aliphatic carbocycles. The van der Waals surface area contributed by atoms with Gasteiger partial charge in [-0.15, -0.1) is 12.4 Å². The van der Waals surface area contributed by atoms with Crippen LogP contribution < -0.4 is 15.2 Å². The molecule has 1 aromatic rings. The second-order valence-electron chi connectivity index (χ2n) is 4.43. The molecular formula is C12H19ClN2O4S. The molecule has 8 heteroatoms. The van der Waals surface area contributed by atoms with Gasteiger partial charge in [0.25, 0.3) is 0 Å². The Bertz CT molecular complexity index is 565. The van der Waals surface area contributed by atoms with E-state index < -0.39 is 10.0 Å². The van der Waals surface area contributed by atoms with E-state index in [4.69, 9.17) is 15.2 Å². The number of halogens is 1. The van der Waals surface area contributed by atoms with Crippen molar-refractivity contribution in [3.05, 3.63) is 18.2 Å². The van der Waals surface area contributed by atoms with Crippen LogP contribution in [0.15, 0.2) is 23.1 Å². The topological polar surface area (TPSA) is 81.9 Å². The lowest BCUT2D eigenvalue weighted by Crippen LogP contribution is -2.31. The van der Waals surface area contributed by atoms with Crippen LogP contribution in [0.25, 0.3) is 0 Å². The van der Waals surface area contributed by atoms with Gasteiger partial charge in [-0.1, -0.05) is 0 Å². The Hall–Kier alpha value is -1.02. The standard InChI is InChI=1S/C12H18N2O4S.ClH/c1-17-11-4-3-10(7-12(11)18-2)19(15,16)14-6-5-9(13)8-14;/h3-4,7,9H,5-6,8,13H2,1-2H3;1H. The molecule has 2 rings (SSSR count). The third kappa shape index (κ3) is 3.17. The molecular weight excluding hydrogens is 304 g/mol. The fourth-order valence-corrected chi connectivity index (χ4v) is 3.63. The number of hydrogen-bond acceptors (Lipinski definition) is 5. The molecule has 0 bridgehead atoms. The van der Waals surface area contributed by atoms with Crippen molar-refractivity contribution in [2.75, 3.05) is 27.3 Å². The monoisotopic (exact) mass is 322 g/mol. The van der Waals surface area contributed by atoms with Crippen LogP contribution in [0.5, 0.6) is 11.5 Å². The Morgan fingerprint density at radius 1 is 1.25 bits per heavy atom. The molecule has 6 nitrogen and oxygen atoms in total. The number of nitrogens with zero attached hydrogens (tertiary/aromatic N) is 1. The minimum absolute atomic E-state index is 0. The van der Waals surface area contributed by atoms with Crippen molar-refractivity contribution in [3.8, 4) is 11.5 Å². The summed E-state index contributed by atoms with van der Waals surface area (Å²) < 4.78 is 36.5. The number of hydrogen-bond donors (Lipinski definition) is 1. The third-order valence-electron chi connectivity index (χ3n) is 3.18. The summed E-state index contributed by atoms with van der Waals surface area (Å²) in [4.78, 5) is 0.194. The maximum atomic E-state index is 12.4. The summed E-state index contributed by atoms with van der Waals surface area (Å²) >= 11 is 0. The fourth-order valence-electron chi connectivity index (χ4n) is 2.10. The van der Waals surface area contributed by atoms with E-state index in [1.807, 2.05) is 0 Å². The molecule has 0 radical (unpaired) electrons. The molecule has 1 heterocycles. The summed E-state index contributed by atoms with van der Waals surface area (Å²) in [6.45, 7) is 0.814. The molecule has 0 saturated carbocycles. The predicted octanol–water partition coefficient (Wildman–Crippen LogP) is 0.847. The Labute approximate surface area is 125 Å². The lowest BCUT2D eigenvalue weighted by molar-refractivity contribution is 0.353. The van der Waals surface area contributed by atoms with Gasteiger partial charge in [-0.25, -0.2) is 8.42 Å². The average Bonchev–Trinajstić information content (AvgIpc) is 2.85. The van der Waals surface area contributed by atoms with Gasteiger partial charge in [0.15, 0.2) is 11.5 Å². The van der Waals surface area contributed by atoms with Crippen LogP contribution in [-0.2, 0) is 10.0 Å². The van der Waals surface area contributed by atoms with Gasteiger partial charge in [0.05, 0.1) is 19.1 Å². The normalized spacial score (nSPS) is 19.4. The quantitative estimate of drug-likeness (QED) is 0.888. The van der Waals surface area contributed by atoms with Gasteiger partial charge in [0, 0.05) is 25.2 Å². The highest BCUT2D eigenvalue weighted by molar-refractivity contribution is 7.89. The van der Waals surface area contributed by atoms with Crippen LogP contribution >= 0.6 is 12.4 Å².